The lowest BCUT2D eigenvalue weighted by molar-refractivity contribution is -0.137. The van der Waals surface area contributed by atoms with E-state index >= 15 is 0 Å². The molecule has 15 heavy (non-hydrogen) atoms. The highest BCUT2D eigenvalue weighted by molar-refractivity contribution is 5.26. The fourth-order valence-electron chi connectivity index (χ4n) is 1.29. The third-order valence-corrected chi connectivity index (χ3v) is 2.08. The number of nitrogens with one attached hydrogen (secondary N) is 1. The van der Waals surface area contributed by atoms with Crippen LogP contribution < -0.4 is 11.3 Å². The minimum absolute atomic E-state index is 0.0477. The quantitative estimate of drug-likeness (QED) is 0.602. The minimum Gasteiger partial charge on any atom is -0.271 e. The Bertz CT molecular complexity index is 323. The Morgan fingerprint density at radius 1 is 1.40 bits per heavy atom. The van der Waals surface area contributed by atoms with E-state index in [-0.39, 0.29) is 6.04 Å². The van der Waals surface area contributed by atoms with Gasteiger partial charge in [0.2, 0.25) is 0 Å². The highest BCUT2D eigenvalue weighted by Gasteiger charge is 2.30. The van der Waals surface area contributed by atoms with Gasteiger partial charge in [-0.2, -0.15) is 13.2 Å². The van der Waals surface area contributed by atoms with Gasteiger partial charge in [0.25, 0.3) is 0 Å². The lowest BCUT2D eigenvalue weighted by Crippen LogP contribution is -2.34. The molecule has 2 nitrogen and oxygen atoms in total. The summed E-state index contributed by atoms with van der Waals surface area (Å²) in [5.74, 6) is 5.17. The predicted octanol–water partition coefficient (Wildman–Crippen LogP) is 2.10. The molecule has 0 amide bonds. The number of rotatable bonds is 3. The van der Waals surface area contributed by atoms with Crippen LogP contribution in [-0.4, -0.2) is 6.04 Å². The molecule has 0 radical (unpaired) electrons. The summed E-state index contributed by atoms with van der Waals surface area (Å²) in [6, 6.07) is 5.22. The minimum atomic E-state index is -4.28. The normalized spacial score (nSPS) is 13.9. The fraction of sp³-hybridized carbons (Fsp3) is 0.400. The fourth-order valence-corrected chi connectivity index (χ4v) is 1.29. The van der Waals surface area contributed by atoms with Gasteiger partial charge in [-0.1, -0.05) is 18.2 Å². The second-order valence-corrected chi connectivity index (χ2v) is 3.47. The van der Waals surface area contributed by atoms with Crippen molar-refractivity contribution in [2.45, 2.75) is 25.6 Å². The molecule has 3 N–H and O–H groups in total. The van der Waals surface area contributed by atoms with E-state index in [0.717, 1.165) is 12.1 Å². The monoisotopic (exact) mass is 218 g/mol. The second kappa shape index (κ2) is 4.63. The third-order valence-electron chi connectivity index (χ3n) is 2.08. The number of hydrazine groups is 1. The Hall–Kier alpha value is -1.07. The molecular formula is C10H13F3N2. The first-order chi connectivity index (χ1) is 6.93. The smallest absolute Gasteiger partial charge is 0.271 e. The van der Waals surface area contributed by atoms with Crippen LogP contribution in [0.25, 0.3) is 0 Å². The van der Waals surface area contributed by atoms with Crippen molar-refractivity contribution in [1.29, 1.82) is 0 Å². The van der Waals surface area contributed by atoms with Gasteiger partial charge in [0.05, 0.1) is 5.56 Å². The van der Waals surface area contributed by atoms with Crippen LogP contribution >= 0.6 is 0 Å². The zero-order valence-electron chi connectivity index (χ0n) is 8.31. The lowest BCUT2D eigenvalue weighted by atomic mass is 10.0. The van der Waals surface area contributed by atoms with Gasteiger partial charge in [-0.25, -0.2) is 0 Å². The Kier molecular flexibility index (Phi) is 3.71. The van der Waals surface area contributed by atoms with E-state index in [9.17, 15) is 13.2 Å². The van der Waals surface area contributed by atoms with Gasteiger partial charge in [0, 0.05) is 6.04 Å². The average molecular weight is 218 g/mol. The van der Waals surface area contributed by atoms with Crippen molar-refractivity contribution in [2.24, 2.45) is 5.84 Å². The number of alkyl halides is 3. The zero-order valence-corrected chi connectivity index (χ0v) is 8.31. The average Bonchev–Trinajstić information content (AvgIpc) is 2.17. The lowest BCUT2D eigenvalue weighted by Gasteiger charge is -2.12. The Morgan fingerprint density at radius 2 is 2.07 bits per heavy atom. The van der Waals surface area contributed by atoms with Crippen LogP contribution in [0.4, 0.5) is 13.2 Å². The molecule has 0 aliphatic heterocycles. The first-order valence-electron chi connectivity index (χ1n) is 4.55. The molecule has 1 rings (SSSR count). The zero-order chi connectivity index (χ0) is 11.5. The van der Waals surface area contributed by atoms with Crippen LogP contribution in [0.2, 0.25) is 0 Å². The molecule has 0 saturated carbocycles. The molecule has 0 aliphatic rings. The summed E-state index contributed by atoms with van der Waals surface area (Å²) < 4.78 is 37.0. The van der Waals surface area contributed by atoms with Gasteiger partial charge in [-0.15, -0.1) is 0 Å². The van der Waals surface area contributed by atoms with Gasteiger partial charge in [-0.05, 0) is 25.0 Å². The van der Waals surface area contributed by atoms with E-state index in [0.29, 0.717) is 12.0 Å². The van der Waals surface area contributed by atoms with Crippen LogP contribution in [0, 0.1) is 0 Å². The van der Waals surface area contributed by atoms with E-state index in [1.54, 1.807) is 13.0 Å². The van der Waals surface area contributed by atoms with Crippen LogP contribution in [0.5, 0.6) is 0 Å². The summed E-state index contributed by atoms with van der Waals surface area (Å²) >= 11 is 0. The first kappa shape index (κ1) is 12.0. The Labute approximate surface area is 86.2 Å². The SMILES string of the molecule is C[C@H](Cc1cccc(C(F)(F)F)c1)NN. The summed E-state index contributed by atoms with van der Waals surface area (Å²) in [4.78, 5) is 0. The molecule has 5 heteroatoms. The summed E-state index contributed by atoms with van der Waals surface area (Å²) in [6.07, 6.45) is -3.81. The van der Waals surface area contributed by atoms with E-state index < -0.39 is 11.7 Å². The van der Waals surface area contributed by atoms with Crippen molar-refractivity contribution in [3.05, 3.63) is 35.4 Å². The van der Waals surface area contributed by atoms with Crippen molar-refractivity contribution < 1.29 is 13.2 Å². The molecule has 0 unspecified atom stereocenters. The summed E-state index contributed by atoms with van der Waals surface area (Å²) in [6.45, 7) is 1.81. The van der Waals surface area contributed by atoms with Crippen LogP contribution in [0.1, 0.15) is 18.1 Å². The van der Waals surface area contributed by atoms with E-state index in [1.165, 1.54) is 6.07 Å². The number of benzene rings is 1. The van der Waals surface area contributed by atoms with Crippen molar-refractivity contribution in [3.8, 4) is 0 Å². The molecule has 0 spiro atoms. The van der Waals surface area contributed by atoms with Crippen LogP contribution in [0.3, 0.4) is 0 Å². The maximum absolute atomic E-state index is 12.3. The number of hydrogen-bond donors (Lipinski definition) is 2. The Balaban J connectivity index is 2.84. The summed E-state index contributed by atoms with van der Waals surface area (Å²) in [5.41, 5.74) is 2.49. The van der Waals surface area contributed by atoms with Crippen molar-refractivity contribution in [2.75, 3.05) is 0 Å². The summed E-state index contributed by atoms with van der Waals surface area (Å²) in [5, 5.41) is 0. The van der Waals surface area contributed by atoms with Gasteiger partial charge >= 0.3 is 6.18 Å². The van der Waals surface area contributed by atoms with Crippen molar-refractivity contribution >= 4 is 0 Å². The maximum Gasteiger partial charge on any atom is 0.416 e. The summed E-state index contributed by atoms with van der Waals surface area (Å²) in [7, 11) is 0. The van der Waals surface area contributed by atoms with E-state index in [4.69, 9.17) is 5.84 Å². The molecule has 0 aliphatic carbocycles. The largest absolute Gasteiger partial charge is 0.416 e. The molecule has 0 heterocycles. The molecule has 0 aromatic heterocycles. The highest BCUT2D eigenvalue weighted by Crippen LogP contribution is 2.29. The number of hydrogen-bond acceptors (Lipinski definition) is 2. The molecule has 0 fully saturated rings. The van der Waals surface area contributed by atoms with E-state index in [2.05, 4.69) is 5.43 Å². The van der Waals surface area contributed by atoms with Crippen molar-refractivity contribution in [1.82, 2.24) is 5.43 Å². The molecule has 1 aromatic carbocycles. The van der Waals surface area contributed by atoms with Crippen LogP contribution in [0.15, 0.2) is 24.3 Å². The van der Waals surface area contributed by atoms with Gasteiger partial charge < -0.3 is 0 Å². The van der Waals surface area contributed by atoms with Gasteiger partial charge in [0.1, 0.15) is 0 Å². The maximum atomic E-state index is 12.3. The molecule has 0 bridgehead atoms. The Morgan fingerprint density at radius 3 is 2.60 bits per heavy atom. The third kappa shape index (κ3) is 3.53. The van der Waals surface area contributed by atoms with E-state index in [1.807, 2.05) is 0 Å². The molecule has 1 aromatic rings. The number of nitrogens with two attached hydrogens (primary N) is 1. The van der Waals surface area contributed by atoms with Gasteiger partial charge in [-0.3, -0.25) is 11.3 Å². The standard InChI is InChI=1S/C10H13F3N2/c1-7(15-14)5-8-3-2-4-9(6-8)10(11,12)13/h2-4,6-7,15H,5,14H2,1H3/t7-/m1/s1. The highest BCUT2D eigenvalue weighted by atomic mass is 19.4. The van der Waals surface area contributed by atoms with Gasteiger partial charge in [0.15, 0.2) is 0 Å². The predicted molar refractivity (Wildman–Crippen MR) is 51.9 cm³/mol. The molecule has 84 valence electrons. The molecular weight excluding hydrogens is 205 g/mol. The van der Waals surface area contributed by atoms with Crippen molar-refractivity contribution in [3.63, 3.8) is 0 Å². The topological polar surface area (TPSA) is 38.0 Å². The number of halogens is 3. The molecule has 0 saturated heterocycles. The molecule has 1 atom stereocenters. The first-order valence-corrected chi connectivity index (χ1v) is 4.55. The van der Waals surface area contributed by atoms with Crippen LogP contribution in [-0.2, 0) is 12.6 Å². The second-order valence-electron chi connectivity index (χ2n) is 3.47.